The molecular formula is C18H20N2O2S. The van der Waals surface area contributed by atoms with Gasteiger partial charge in [-0.25, -0.2) is 4.98 Å². The van der Waals surface area contributed by atoms with Crippen molar-refractivity contribution in [3.05, 3.63) is 52.0 Å². The van der Waals surface area contributed by atoms with Gasteiger partial charge in [0.2, 0.25) is 5.91 Å². The predicted molar refractivity (Wildman–Crippen MR) is 95.1 cm³/mol. The molecule has 0 saturated heterocycles. The van der Waals surface area contributed by atoms with Gasteiger partial charge in [-0.1, -0.05) is 49.4 Å². The standard InChI is InChI=1S/C18H20N2O2S/c1-11(2)15-8-5-14(6-9-15)7-10-16(22)20-18-19-12(3)17(23-18)13(4)21/h5-11H,1-4H3,(H,19,20,22)/b10-7+. The van der Waals surface area contributed by atoms with Gasteiger partial charge in [0.1, 0.15) is 0 Å². The number of Topliss-reactive ketones (excluding diaryl/α,β-unsaturated/α-hetero) is 1. The third-order valence-corrected chi connectivity index (χ3v) is 4.55. The van der Waals surface area contributed by atoms with Crippen LogP contribution in [0, 0.1) is 6.92 Å². The second kappa shape index (κ2) is 7.33. The molecule has 1 amide bonds. The molecule has 0 atom stereocenters. The van der Waals surface area contributed by atoms with Crippen molar-refractivity contribution < 1.29 is 9.59 Å². The van der Waals surface area contributed by atoms with Gasteiger partial charge in [0.05, 0.1) is 10.6 Å². The SMILES string of the molecule is CC(=O)c1sc(NC(=O)/C=C/c2ccc(C(C)C)cc2)nc1C. The normalized spacial score (nSPS) is 11.2. The number of nitrogens with one attached hydrogen (secondary N) is 1. The lowest BCUT2D eigenvalue weighted by atomic mass is 10.0. The summed E-state index contributed by atoms with van der Waals surface area (Å²) in [6.45, 7) is 7.54. The molecule has 1 N–H and O–H groups in total. The molecule has 0 fully saturated rings. The van der Waals surface area contributed by atoms with Crippen molar-refractivity contribution in [2.45, 2.75) is 33.6 Å². The quantitative estimate of drug-likeness (QED) is 0.652. The summed E-state index contributed by atoms with van der Waals surface area (Å²) in [7, 11) is 0. The molecule has 0 saturated carbocycles. The number of hydrogen-bond donors (Lipinski definition) is 1. The van der Waals surface area contributed by atoms with Gasteiger partial charge in [-0.2, -0.15) is 0 Å². The maximum atomic E-state index is 11.9. The third-order valence-electron chi connectivity index (χ3n) is 3.38. The Morgan fingerprint density at radius 2 is 1.87 bits per heavy atom. The van der Waals surface area contributed by atoms with Gasteiger partial charge in [0, 0.05) is 13.0 Å². The molecule has 0 radical (unpaired) electrons. The van der Waals surface area contributed by atoms with Gasteiger partial charge in [-0.05, 0) is 30.0 Å². The Balaban J connectivity index is 2.01. The number of aromatic nitrogens is 1. The van der Waals surface area contributed by atoms with E-state index >= 15 is 0 Å². The van der Waals surface area contributed by atoms with Crippen molar-refractivity contribution >= 4 is 34.2 Å². The lowest BCUT2D eigenvalue weighted by Gasteiger charge is -2.04. The minimum atomic E-state index is -0.262. The maximum Gasteiger partial charge on any atom is 0.250 e. The first-order valence-electron chi connectivity index (χ1n) is 7.44. The van der Waals surface area contributed by atoms with Crippen LogP contribution in [0.5, 0.6) is 0 Å². The van der Waals surface area contributed by atoms with E-state index in [0.29, 0.717) is 21.6 Å². The van der Waals surface area contributed by atoms with Gasteiger partial charge in [-0.3, -0.25) is 14.9 Å². The van der Waals surface area contributed by atoms with Crippen molar-refractivity contribution in [1.82, 2.24) is 4.98 Å². The fourth-order valence-electron chi connectivity index (χ4n) is 2.09. The van der Waals surface area contributed by atoms with Crippen LogP contribution < -0.4 is 5.32 Å². The molecule has 120 valence electrons. The highest BCUT2D eigenvalue weighted by Gasteiger charge is 2.12. The third kappa shape index (κ3) is 4.60. The molecule has 0 bridgehead atoms. The Morgan fingerprint density at radius 1 is 1.22 bits per heavy atom. The van der Waals surface area contributed by atoms with Crippen molar-refractivity contribution in [3.63, 3.8) is 0 Å². The number of ketones is 1. The number of thiazole rings is 1. The molecule has 23 heavy (non-hydrogen) atoms. The van der Waals surface area contributed by atoms with Gasteiger partial charge < -0.3 is 0 Å². The molecule has 0 aliphatic carbocycles. The van der Waals surface area contributed by atoms with Crippen molar-refractivity contribution in [1.29, 1.82) is 0 Å². The molecule has 0 spiro atoms. The Bertz CT molecular complexity index is 743. The van der Waals surface area contributed by atoms with Gasteiger partial charge in [0.25, 0.3) is 0 Å². The summed E-state index contributed by atoms with van der Waals surface area (Å²) >= 11 is 1.20. The second-order valence-electron chi connectivity index (χ2n) is 5.63. The summed E-state index contributed by atoms with van der Waals surface area (Å²) in [4.78, 5) is 28.1. The molecule has 1 aromatic carbocycles. The number of anilines is 1. The van der Waals surface area contributed by atoms with Crippen LogP contribution in [0.25, 0.3) is 6.08 Å². The lowest BCUT2D eigenvalue weighted by Crippen LogP contribution is -2.07. The van der Waals surface area contributed by atoms with Crippen LogP contribution in [0.15, 0.2) is 30.3 Å². The molecule has 0 aliphatic rings. The van der Waals surface area contributed by atoms with Crippen LogP contribution in [0.2, 0.25) is 0 Å². The fraction of sp³-hybridized carbons (Fsp3) is 0.278. The number of nitrogens with zero attached hydrogens (tertiary/aromatic N) is 1. The van der Waals surface area contributed by atoms with Gasteiger partial charge in [0.15, 0.2) is 10.9 Å². The largest absolute Gasteiger partial charge is 0.298 e. The topological polar surface area (TPSA) is 59.1 Å². The summed E-state index contributed by atoms with van der Waals surface area (Å²) < 4.78 is 0. The Morgan fingerprint density at radius 3 is 2.39 bits per heavy atom. The summed E-state index contributed by atoms with van der Waals surface area (Å²) in [5.74, 6) is 0.183. The van der Waals surface area contributed by atoms with Gasteiger partial charge in [-0.15, -0.1) is 0 Å². The van der Waals surface area contributed by atoms with E-state index in [1.807, 2.05) is 12.1 Å². The van der Waals surface area contributed by atoms with E-state index in [4.69, 9.17) is 0 Å². The summed E-state index contributed by atoms with van der Waals surface area (Å²) in [6, 6.07) is 8.10. The van der Waals surface area contributed by atoms with E-state index in [0.717, 1.165) is 5.56 Å². The maximum absolute atomic E-state index is 11.9. The smallest absolute Gasteiger partial charge is 0.250 e. The van der Waals surface area contributed by atoms with E-state index in [9.17, 15) is 9.59 Å². The Labute approximate surface area is 140 Å². The highest BCUT2D eigenvalue weighted by Crippen LogP contribution is 2.23. The van der Waals surface area contributed by atoms with E-state index in [1.54, 1.807) is 13.0 Å². The number of aryl methyl sites for hydroxylation is 1. The molecule has 2 aromatic rings. The second-order valence-corrected chi connectivity index (χ2v) is 6.63. The first-order chi connectivity index (χ1) is 10.9. The van der Waals surface area contributed by atoms with Crippen molar-refractivity contribution in [3.8, 4) is 0 Å². The number of hydrogen-bond acceptors (Lipinski definition) is 4. The van der Waals surface area contributed by atoms with E-state index < -0.39 is 0 Å². The monoisotopic (exact) mass is 328 g/mol. The summed E-state index contributed by atoms with van der Waals surface area (Å²) in [5.41, 5.74) is 2.87. The number of amides is 1. The number of carbonyl (C=O) groups excluding carboxylic acids is 2. The first-order valence-corrected chi connectivity index (χ1v) is 8.26. The van der Waals surface area contributed by atoms with Crippen molar-refractivity contribution in [2.75, 3.05) is 5.32 Å². The van der Waals surface area contributed by atoms with Crippen LogP contribution >= 0.6 is 11.3 Å². The first kappa shape index (κ1) is 17.1. The van der Waals surface area contributed by atoms with Crippen LogP contribution in [0.1, 0.15) is 53.2 Å². The average Bonchev–Trinajstić information content (AvgIpc) is 2.86. The van der Waals surface area contributed by atoms with Crippen LogP contribution in [0.3, 0.4) is 0 Å². The van der Waals surface area contributed by atoms with Crippen LogP contribution in [0.4, 0.5) is 5.13 Å². The van der Waals surface area contributed by atoms with Crippen LogP contribution in [-0.2, 0) is 4.79 Å². The zero-order valence-electron chi connectivity index (χ0n) is 13.7. The van der Waals surface area contributed by atoms with Crippen LogP contribution in [-0.4, -0.2) is 16.7 Å². The average molecular weight is 328 g/mol. The van der Waals surface area contributed by atoms with Gasteiger partial charge >= 0.3 is 0 Å². The fourth-order valence-corrected chi connectivity index (χ4v) is 2.95. The summed E-state index contributed by atoms with van der Waals surface area (Å²) in [5, 5.41) is 3.13. The Kier molecular flexibility index (Phi) is 5.45. The summed E-state index contributed by atoms with van der Waals surface area (Å²) in [6.07, 6.45) is 3.22. The number of rotatable bonds is 5. The minimum absolute atomic E-state index is 0.0405. The number of benzene rings is 1. The van der Waals surface area contributed by atoms with E-state index in [-0.39, 0.29) is 11.7 Å². The molecule has 1 aromatic heterocycles. The van der Waals surface area contributed by atoms with E-state index in [1.165, 1.54) is 29.9 Å². The predicted octanol–water partition coefficient (Wildman–Crippen LogP) is 4.43. The molecule has 4 nitrogen and oxygen atoms in total. The zero-order valence-corrected chi connectivity index (χ0v) is 14.5. The van der Waals surface area contributed by atoms with Crippen molar-refractivity contribution in [2.24, 2.45) is 0 Å². The zero-order chi connectivity index (χ0) is 17.0. The molecule has 2 rings (SSSR count). The molecular weight excluding hydrogens is 308 g/mol. The Hall–Kier alpha value is -2.27. The number of carbonyl (C=O) groups is 2. The lowest BCUT2D eigenvalue weighted by molar-refractivity contribution is -0.111. The minimum Gasteiger partial charge on any atom is -0.298 e. The molecule has 5 heteroatoms. The molecule has 1 heterocycles. The highest BCUT2D eigenvalue weighted by molar-refractivity contribution is 7.17. The molecule has 0 unspecified atom stereocenters. The van der Waals surface area contributed by atoms with E-state index in [2.05, 4.69) is 36.3 Å². The molecule has 0 aliphatic heterocycles. The highest BCUT2D eigenvalue weighted by atomic mass is 32.1.